The standard InChI is InChI=1S/C42H54N4O7/c1-9-29-25(3)33-21-34-27(5)31(11-13-41(47)50-8)39(45-34)24-40-32(12-14-42(48)53-20-19-52-18-17-51-16-15-49-7)28(6)36(46-40)23-38-30(10-2)26(4)35(44-38)22-37(29)43-33/h9-10,21-24,27,31,42-43,46,48H,1-2,11-20H2,3-8H3. The Morgan fingerprint density at radius 1 is 0.849 bits per heavy atom. The largest absolute Gasteiger partial charge is 0.469 e. The monoisotopic (exact) mass is 726 g/mol. The van der Waals surface area contributed by atoms with Crippen LogP contribution in [-0.2, 0) is 34.9 Å². The maximum Gasteiger partial charge on any atom is 0.305 e. The van der Waals surface area contributed by atoms with E-state index in [1.807, 2.05) is 12.2 Å². The van der Waals surface area contributed by atoms with Gasteiger partial charge in [-0.1, -0.05) is 32.2 Å². The van der Waals surface area contributed by atoms with E-state index in [2.05, 4.69) is 75.1 Å². The van der Waals surface area contributed by atoms with Crippen molar-refractivity contribution < 1.29 is 33.6 Å². The van der Waals surface area contributed by atoms with Gasteiger partial charge < -0.3 is 38.8 Å². The third-order valence-electron chi connectivity index (χ3n) is 10.3. The van der Waals surface area contributed by atoms with Crippen LogP contribution in [0.3, 0.4) is 0 Å². The Balaban J connectivity index is 1.56. The normalized spacial score (nSPS) is 16.2. The fourth-order valence-corrected chi connectivity index (χ4v) is 7.06. The van der Waals surface area contributed by atoms with Crippen molar-refractivity contribution in [2.45, 2.75) is 71.5 Å². The topological polar surface area (TPSA) is 141 Å². The van der Waals surface area contributed by atoms with Crippen molar-refractivity contribution in [3.05, 3.63) is 88.5 Å². The van der Waals surface area contributed by atoms with Gasteiger partial charge in [0.25, 0.3) is 0 Å². The Labute approximate surface area is 312 Å². The fraction of sp³-hybridized carbons (Fsp3) is 0.452. The van der Waals surface area contributed by atoms with Gasteiger partial charge >= 0.3 is 5.97 Å². The highest BCUT2D eigenvalue weighted by molar-refractivity contribution is 5.97. The van der Waals surface area contributed by atoms with E-state index in [0.29, 0.717) is 52.3 Å². The predicted molar refractivity (Wildman–Crippen MR) is 209 cm³/mol. The van der Waals surface area contributed by atoms with Gasteiger partial charge in [-0.15, -0.1) is 0 Å². The average Bonchev–Trinajstić information content (AvgIpc) is 3.81. The van der Waals surface area contributed by atoms with E-state index in [1.54, 1.807) is 7.11 Å². The number of carbonyl (C=O) groups excluding carboxylic acids is 1. The minimum absolute atomic E-state index is 0.0201. The number of aryl methyl sites for hydroxylation is 3. The van der Waals surface area contributed by atoms with E-state index in [-0.39, 0.29) is 30.8 Å². The number of rotatable bonds is 18. The van der Waals surface area contributed by atoms with Crippen LogP contribution in [0.5, 0.6) is 0 Å². The Kier molecular flexibility index (Phi) is 14.0. The van der Waals surface area contributed by atoms with E-state index >= 15 is 0 Å². The molecule has 8 bridgehead atoms. The van der Waals surface area contributed by atoms with Gasteiger partial charge in [-0.3, -0.25) is 9.78 Å². The number of aromatic nitrogens is 4. The number of nitrogens with zero attached hydrogens (tertiary/aromatic N) is 2. The lowest BCUT2D eigenvalue weighted by atomic mass is 9.87. The third kappa shape index (κ3) is 9.41. The molecule has 3 N–H and O–H groups in total. The highest BCUT2D eigenvalue weighted by atomic mass is 16.6. The molecule has 0 saturated heterocycles. The zero-order chi connectivity index (χ0) is 38.1. The second kappa shape index (κ2) is 18.6. The number of allylic oxidation sites excluding steroid dienone is 3. The molecule has 2 aliphatic rings. The minimum atomic E-state index is -0.974. The molecule has 0 fully saturated rings. The molecule has 3 unspecified atom stereocenters. The molecule has 0 spiro atoms. The zero-order valence-electron chi connectivity index (χ0n) is 32.0. The number of esters is 1. The quantitative estimate of drug-likeness (QED) is 0.0691. The molecule has 2 aliphatic heterocycles. The minimum Gasteiger partial charge on any atom is -0.469 e. The summed E-state index contributed by atoms with van der Waals surface area (Å²) in [4.78, 5) is 29.9. The summed E-state index contributed by atoms with van der Waals surface area (Å²) in [7, 11) is 3.05. The number of hydrogen-bond acceptors (Lipinski definition) is 9. The summed E-state index contributed by atoms with van der Waals surface area (Å²) in [5.74, 6) is -0.227. The predicted octanol–water partition coefficient (Wildman–Crippen LogP) is 7.48. The number of methoxy groups -OCH3 is 2. The first-order chi connectivity index (χ1) is 25.6. The van der Waals surface area contributed by atoms with Gasteiger partial charge in [0.15, 0.2) is 6.29 Å². The van der Waals surface area contributed by atoms with Crippen LogP contribution in [0.1, 0.15) is 90.0 Å². The van der Waals surface area contributed by atoms with Crippen molar-refractivity contribution >= 4 is 45.3 Å². The molecule has 5 heterocycles. The van der Waals surface area contributed by atoms with Crippen LogP contribution in [0.25, 0.3) is 39.3 Å². The van der Waals surface area contributed by atoms with Crippen LogP contribution in [-0.4, -0.2) is 91.2 Å². The van der Waals surface area contributed by atoms with Gasteiger partial charge in [0.05, 0.1) is 58.1 Å². The average molecular weight is 727 g/mol. The summed E-state index contributed by atoms with van der Waals surface area (Å²) in [6, 6.07) is 8.34. The number of H-pyrrole nitrogens is 2. The number of fused-ring (bicyclic) bond motifs is 8. The number of ether oxygens (including phenoxy) is 5. The zero-order valence-corrected chi connectivity index (χ0v) is 32.0. The maximum absolute atomic E-state index is 12.3. The van der Waals surface area contributed by atoms with Gasteiger partial charge in [-0.2, -0.15) is 0 Å². The number of aliphatic hydroxyl groups is 1. The SMILES string of the molecule is C=CC1=C(C)c2cc3[nH]c(cc4nc(cc5[nH]c(cc1n2)c(C)c5CCC(O)OCCOCCOCCOC)C(CCC(=O)OC)C4C)c(C)c3C=C. The number of carbonyl (C=O) groups is 1. The summed E-state index contributed by atoms with van der Waals surface area (Å²) in [6.07, 6.45) is 4.54. The van der Waals surface area contributed by atoms with Gasteiger partial charge in [-0.25, -0.2) is 4.98 Å². The van der Waals surface area contributed by atoms with Crippen LogP contribution in [0.4, 0.5) is 0 Å². The summed E-state index contributed by atoms with van der Waals surface area (Å²) < 4.78 is 26.7. The van der Waals surface area contributed by atoms with Crippen LogP contribution in [0.15, 0.2) is 43.5 Å². The molecule has 3 aromatic heterocycles. The lowest BCUT2D eigenvalue weighted by Gasteiger charge is -2.15. The molecule has 53 heavy (non-hydrogen) atoms. The van der Waals surface area contributed by atoms with Gasteiger partial charge in [0, 0.05) is 76.4 Å². The molecular weight excluding hydrogens is 672 g/mol. The Morgan fingerprint density at radius 3 is 2.21 bits per heavy atom. The summed E-state index contributed by atoms with van der Waals surface area (Å²) >= 11 is 0. The van der Waals surface area contributed by atoms with E-state index in [1.165, 1.54) is 7.11 Å². The fourth-order valence-electron chi connectivity index (χ4n) is 7.06. The van der Waals surface area contributed by atoms with Gasteiger partial charge in [0.2, 0.25) is 0 Å². The molecular formula is C42H54N4O7. The van der Waals surface area contributed by atoms with E-state index in [0.717, 1.165) is 78.2 Å². The van der Waals surface area contributed by atoms with E-state index in [4.69, 9.17) is 33.7 Å². The number of hydrogen-bond donors (Lipinski definition) is 3. The van der Waals surface area contributed by atoms with Crippen LogP contribution in [0, 0.1) is 13.8 Å². The summed E-state index contributed by atoms with van der Waals surface area (Å²) in [5.41, 5.74) is 13.3. The molecule has 0 aliphatic carbocycles. The number of aliphatic hydroxyl groups excluding tert-OH is 1. The Bertz CT molecular complexity index is 1990. The molecule has 0 aromatic carbocycles. The first kappa shape index (κ1) is 39.8. The number of aromatic amines is 2. The highest BCUT2D eigenvalue weighted by Gasteiger charge is 2.30. The number of nitrogens with one attached hydrogen (secondary N) is 2. The second-order valence-corrected chi connectivity index (χ2v) is 13.5. The molecule has 0 amide bonds. The van der Waals surface area contributed by atoms with Crippen molar-refractivity contribution in [1.82, 2.24) is 19.9 Å². The smallest absolute Gasteiger partial charge is 0.305 e. The van der Waals surface area contributed by atoms with Crippen LogP contribution in [0.2, 0.25) is 0 Å². The second-order valence-electron chi connectivity index (χ2n) is 13.5. The lowest BCUT2D eigenvalue weighted by molar-refractivity contribution is -0.140. The van der Waals surface area contributed by atoms with Crippen molar-refractivity contribution in [2.24, 2.45) is 0 Å². The highest BCUT2D eigenvalue weighted by Crippen LogP contribution is 2.41. The van der Waals surface area contributed by atoms with Crippen LogP contribution < -0.4 is 0 Å². The summed E-state index contributed by atoms with van der Waals surface area (Å²) in [6.45, 7) is 19.2. The van der Waals surface area contributed by atoms with Gasteiger partial charge in [-0.05, 0) is 80.1 Å². The van der Waals surface area contributed by atoms with Crippen molar-refractivity contribution in [3.8, 4) is 0 Å². The van der Waals surface area contributed by atoms with Crippen molar-refractivity contribution in [3.63, 3.8) is 0 Å². The van der Waals surface area contributed by atoms with Gasteiger partial charge in [0.1, 0.15) is 0 Å². The molecule has 11 heteroatoms. The van der Waals surface area contributed by atoms with Crippen molar-refractivity contribution in [1.29, 1.82) is 0 Å². The lowest BCUT2D eigenvalue weighted by Crippen LogP contribution is -2.17. The Hall–Kier alpha value is -4.39. The first-order valence-electron chi connectivity index (χ1n) is 18.3. The first-order valence-corrected chi connectivity index (χ1v) is 18.3. The molecule has 11 nitrogen and oxygen atoms in total. The Morgan fingerprint density at radius 2 is 1.51 bits per heavy atom. The summed E-state index contributed by atoms with van der Waals surface area (Å²) in [5, 5.41) is 10.8. The molecule has 3 atom stereocenters. The molecule has 3 aromatic rings. The van der Waals surface area contributed by atoms with E-state index in [9.17, 15) is 9.90 Å². The molecule has 284 valence electrons. The molecule has 5 rings (SSSR count). The third-order valence-corrected chi connectivity index (χ3v) is 10.3. The molecule has 0 saturated carbocycles. The maximum atomic E-state index is 12.3. The van der Waals surface area contributed by atoms with E-state index < -0.39 is 6.29 Å². The molecule has 0 radical (unpaired) electrons. The van der Waals surface area contributed by atoms with Crippen LogP contribution >= 0.6 is 0 Å². The van der Waals surface area contributed by atoms with Crippen molar-refractivity contribution in [2.75, 3.05) is 53.9 Å².